The van der Waals surface area contributed by atoms with Crippen molar-refractivity contribution in [2.24, 2.45) is 0 Å². The quantitative estimate of drug-likeness (QED) is 0.844. The van der Waals surface area contributed by atoms with Crippen molar-refractivity contribution in [3.8, 4) is 0 Å². The number of nitrogens with zero attached hydrogens (tertiary/aromatic N) is 1. The van der Waals surface area contributed by atoms with Crippen LogP contribution < -0.4 is 5.32 Å². The first-order valence-corrected chi connectivity index (χ1v) is 7.12. The minimum Gasteiger partial charge on any atom is -0.481 e. The molecule has 0 spiro atoms. The van der Waals surface area contributed by atoms with Gasteiger partial charge in [-0.3, -0.25) is 4.79 Å². The van der Waals surface area contributed by atoms with Gasteiger partial charge >= 0.3 is 12.0 Å². The van der Waals surface area contributed by atoms with E-state index in [2.05, 4.69) is 5.32 Å². The summed E-state index contributed by atoms with van der Waals surface area (Å²) in [5.74, 6) is -0.898. The van der Waals surface area contributed by atoms with Crippen molar-refractivity contribution in [1.82, 2.24) is 10.2 Å². The number of nitrogens with one attached hydrogen (secondary N) is 1. The number of amides is 2. The fraction of sp³-hybridized carbons (Fsp3) is 0.538. The summed E-state index contributed by atoms with van der Waals surface area (Å²) in [5, 5.41) is 13.6. The van der Waals surface area contributed by atoms with E-state index >= 15 is 0 Å². The van der Waals surface area contributed by atoms with Gasteiger partial charge in [0.25, 0.3) is 0 Å². The van der Waals surface area contributed by atoms with Crippen LogP contribution in [0.3, 0.4) is 0 Å². The zero-order valence-corrected chi connectivity index (χ0v) is 12.2. The van der Waals surface area contributed by atoms with E-state index < -0.39 is 5.97 Å². The van der Waals surface area contributed by atoms with Crippen LogP contribution in [0.2, 0.25) is 0 Å². The highest BCUT2D eigenvalue weighted by molar-refractivity contribution is 7.10. The van der Waals surface area contributed by atoms with E-state index in [1.807, 2.05) is 38.3 Å². The Bertz CT molecular complexity index is 418. The normalized spacial score (nSPS) is 12.2. The lowest BCUT2D eigenvalue weighted by Crippen LogP contribution is -2.45. The van der Waals surface area contributed by atoms with Crippen LogP contribution in [0.4, 0.5) is 4.79 Å². The predicted octanol–water partition coefficient (Wildman–Crippen LogP) is 2.70. The lowest BCUT2D eigenvalue weighted by atomic mass is 10.2. The minimum atomic E-state index is -0.898. The molecule has 0 aliphatic carbocycles. The van der Waals surface area contributed by atoms with Gasteiger partial charge in [-0.1, -0.05) is 6.07 Å². The van der Waals surface area contributed by atoms with Crippen molar-refractivity contribution in [3.05, 3.63) is 22.4 Å². The van der Waals surface area contributed by atoms with Crippen LogP contribution in [0.5, 0.6) is 0 Å². The van der Waals surface area contributed by atoms with E-state index in [4.69, 9.17) is 5.11 Å². The molecule has 0 saturated heterocycles. The van der Waals surface area contributed by atoms with E-state index in [1.54, 1.807) is 11.3 Å². The van der Waals surface area contributed by atoms with Crippen molar-refractivity contribution in [3.63, 3.8) is 0 Å². The number of thiophene rings is 1. The Morgan fingerprint density at radius 1 is 1.42 bits per heavy atom. The Hall–Kier alpha value is -1.56. The molecule has 19 heavy (non-hydrogen) atoms. The Balaban J connectivity index is 2.59. The van der Waals surface area contributed by atoms with Gasteiger partial charge < -0.3 is 15.3 Å². The number of aliphatic carboxylic acids is 1. The number of carboxylic acids is 1. The van der Waals surface area contributed by atoms with Crippen molar-refractivity contribution >= 4 is 23.3 Å². The van der Waals surface area contributed by atoms with Gasteiger partial charge in [0.2, 0.25) is 0 Å². The lowest BCUT2D eigenvalue weighted by Gasteiger charge is -2.28. The van der Waals surface area contributed by atoms with Gasteiger partial charge in [0.15, 0.2) is 0 Å². The Morgan fingerprint density at radius 2 is 2.11 bits per heavy atom. The molecule has 1 aromatic heterocycles. The third kappa shape index (κ3) is 4.90. The minimum absolute atomic E-state index is 0.0325. The molecule has 0 aromatic carbocycles. The maximum Gasteiger partial charge on any atom is 0.318 e. The lowest BCUT2D eigenvalue weighted by molar-refractivity contribution is -0.137. The number of urea groups is 1. The summed E-state index contributed by atoms with van der Waals surface area (Å²) in [4.78, 5) is 25.3. The summed E-state index contributed by atoms with van der Waals surface area (Å²) in [7, 11) is 0. The monoisotopic (exact) mass is 284 g/mol. The molecule has 1 atom stereocenters. The van der Waals surface area contributed by atoms with E-state index in [0.717, 1.165) is 4.88 Å². The summed E-state index contributed by atoms with van der Waals surface area (Å²) >= 11 is 1.58. The second-order valence-electron chi connectivity index (χ2n) is 4.62. The van der Waals surface area contributed by atoms with Crippen molar-refractivity contribution < 1.29 is 14.7 Å². The van der Waals surface area contributed by atoms with Crippen LogP contribution in [0.1, 0.15) is 38.1 Å². The number of rotatable bonds is 6. The molecule has 0 bridgehead atoms. The highest BCUT2D eigenvalue weighted by atomic mass is 32.1. The fourth-order valence-corrected chi connectivity index (χ4v) is 2.42. The molecule has 2 amide bonds. The van der Waals surface area contributed by atoms with Gasteiger partial charge in [0, 0.05) is 17.5 Å². The zero-order valence-electron chi connectivity index (χ0n) is 11.4. The zero-order chi connectivity index (χ0) is 14.4. The second kappa shape index (κ2) is 7.13. The number of carboxylic acid groups (broad SMARTS) is 1. The predicted molar refractivity (Wildman–Crippen MR) is 75.4 cm³/mol. The average molecular weight is 284 g/mol. The maximum absolute atomic E-state index is 12.1. The Labute approximate surface area is 117 Å². The van der Waals surface area contributed by atoms with Crippen LogP contribution in [0.15, 0.2) is 17.5 Å². The molecule has 0 saturated carbocycles. The highest BCUT2D eigenvalue weighted by Crippen LogP contribution is 2.18. The summed E-state index contributed by atoms with van der Waals surface area (Å²) < 4.78 is 0. The molecule has 106 valence electrons. The third-order valence-electron chi connectivity index (χ3n) is 2.76. The van der Waals surface area contributed by atoms with Gasteiger partial charge in [-0.15, -0.1) is 11.3 Å². The molecule has 1 rings (SSSR count). The molecule has 2 N–H and O–H groups in total. The van der Waals surface area contributed by atoms with Crippen LogP contribution in [0.25, 0.3) is 0 Å². The third-order valence-corrected chi connectivity index (χ3v) is 3.82. The van der Waals surface area contributed by atoms with E-state index in [1.165, 1.54) is 4.90 Å². The van der Waals surface area contributed by atoms with Crippen LogP contribution in [0, 0.1) is 0 Å². The van der Waals surface area contributed by atoms with E-state index in [9.17, 15) is 9.59 Å². The van der Waals surface area contributed by atoms with Crippen LogP contribution >= 0.6 is 11.3 Å². The Kier molecular flexibility index (Phi) is 5.82. The SMILES string of the molecule is CC(NC(=O)N(CCC(=O)O)C(C)C)c1cccs1. The molecule has 0 aliphatic heterocycles. The number of carbonyl (C=O) groups is 2. The van der Waals surface area contributed by atoms with Crippen LogP contribution in [-0.2, 0) is 4.79 Å². The highest BCUT2D eigenvalue weighted by Gasteiger charge is 2.20. The molecule has 0 aliphatic rings. The molecular formula is C13H20N2O3S. The van der Waals surface area contributed by atoms with Gasteiger partial charge in [0.05, 0.1) is 12.5 Å². The van der Waals surface area contributed by atoms with E-state index in [0.29, 0.717) is 0 Å². The molecule has 5 nitrogen and oxygen atoms in total. The van der Waals surface area contributed by atoms with Crippen molar-refractivity contribution in [2.75, 3.05) is 6.54 Å². The molecule has 0 fully saturated rings. The Morgan fingerprint density at radius 3 is 2.58 bits per heavy atom. The largest absolute Gasteiger partial charge is 0.481 e. The molecule has 0 radical (unpaired) electrons. The number of hydrogen-bond acceptors (Lipinski definition) is 3. The second-order valence-corrected chi connectivity index (χ2v) is 5.60. The van der Waals surface area contributed by atoms with Gasteiger partial charge in [0.1, 0.15) is 0 Å². The standard InChI is InChI=1S/C13H20N2O3S/c1-9(2)15(7-6-12(16)17)13(18)14-10(3)11-5-4-8-19-11/h4-5,8-10H,6-7H2,1-3H3,(H,14,18)(H,16,17). The topological polar surface area (TPSA) is 69.6 Å². The molecular weight excluding hydrogens is 264 g/mol. The van der Waals surface area contributed by atoms with Gasteiger partial charge in [-0.25, -0.2) is 4.79 Å². The fourth-order valence-electron chi connectivity index (χ4n) is 1.69. The van der Waals surface area contributed by atoms with Gasteiger partial charge in [-0.2, -0.15) is 0 Å². The summed E-state index contributed by atoms with van der Waals surface area (Å²) in [6.07, 6.45) is -0.0427. The molecule has 6 heteroatoms. The summed E-state index contributed by atoms with van der Waals surface area (Å²) in [6.45, 7) is 5.88. The first-order chi connectivity index (χ1) is 8.91. The van der Waals surface area contributed by atoms with Crippen molar-refractivity contribution in [1.29, 1.82) is 0 Å². The van der Waals surface area contributed by atoms with E-state index in [-0.39, 0.29) is 31.1 Å². The summed E-state index contributed by atoms with van der Waals surface area (Å²) in [6, 6.07) is 3.57. The number of carbonyl (C=O) groups excluding carboxylic acids is 1. The number of hydrogen-bond donors (Lipinski definition) is 2. The van der Waals surface area contributed by atoms with Crippen molar-refractivity contribution in [2.45, 2.75) is 39.3 Å². The smallest absolute Gasteiger partial charge is 0.318 e. The maximum atomic E-state index is 12.1. The van der Waals surface area contributed by atoms with Gasteiger partial charge in [-0.05, 0) is 32.2 Å². The first kappa shape index (κ1) is 15.5. The first-order valence-electron chi connectivity index (χ1n) is 6.24. The summed E-state index contributed by atoms with van der Waals surface area (Å²) in [5.41, 5.74) is 0. The molecule has 1 heterocycles. The molecule has 1 aromatic rings. The average Bonchev–Trinajstić information content (AvgIpc) is 2.81. The molecule has 1 unspecified atom stereocenters. The van der Waals surface area contributed by atoms with Crippen LogP contribution in [-0.4, -0.2) is 34.6 Å².